The number of hydrogen-bond donors (Lipinski definition) is 8. The monoisotopic (exact) mass is 2000 g/mol. The lowest BCUT2D eigenvalue weighted by Crippen LogP contribution is -2.27. The summed E-state index contributed by atoms with van der Waals surface area (Å²) in [5, 5.41) is 9.54. The second kappa shape index (κ2) is 40.6. The van der Waals surface area contributed by atoms with Crippen LogP contribution in [0.5, 0.6) is 0 Å². The van der Waals surface area contributed by atoms with Crippen LogP contribution in [0.1, 0.15) is 69.3 Å². The van der Waals surface area contributed by atoms with Crippen molar-refractivity contribution in [3.8, 4) is 11.1 Å². The summed E-state index contributed by atoms with van der Waals surface area (Å²) in [5.41, 5.74) is 40.2. The number of aromatic amines is 1. The molecule has 0 saturated carbocycles. The SMILES string of the molecule is CO/C=C(\c1ccccc1)c1nc(I)cnc1N.COC(=O)c1nc(I)cnc1N.COC(=O)c1nccnc1N.CON(C)C(=O)c1nc(I)cnc1N.Ic1cnc2[nH]cc(-c3ccccc3)c2n1.Nc1ncc(I)nc1C(=O)O.Nc1ncc(I)nc1C(=O)c1ccccc1. The third-order valence-electron chi connectivity index (χ3n) is 11.6. The highest BCUT2D eigenvalue weighted by Crippen LogP contribution is 2.28. The fraction of sp³-hybridized carbons (Fsp3) is 0.0833. The minimum absolute atomic E-state index is 0.0509. The van der Waals surface area contributed by atoms with E-state index < -0.39 is 23.8 Å². The molecule has 3 aromatic carbocycles. The number of aromatic nitrogens is 15. The maximum atomic E-state index is 12.0. The summed E-state index contributed by atoms with van der Waals surface area (Å²) >= 11 is 12.0. The average molecular weight is 2000 g/mol. The van der Waals surface area contributed by atoms with Crippen molar-refractivity contribution in [1.29, 1.82) is 0 Å². The first kappa shape index (κ1) is 79.7. The van der Waals surface area contributed by atoms with Crippen LogP contribution >= 0.6 is 136 Å². The number of nitrogens with zero attached hydrogens (tertiary/aromatic N) is 15. The van der Waals surface area contributed by atoms with Gasteiger partial charge in [0, 0.05) is 42.3 Å². The number of benzene rings is 3. The fourth-order valence-electron chi connectivity index (χ4n) is 7.08. The van der Waals surface area contributed by atoms with Crippen LogP contribution in [0.15, 0.2) is 153 Å². The summed E-state index contributed by atoms with van der Waals surface area (Å²) < 4.78 is 18.0. The van der Waals surface area contributed by atoms with E-state index in [2.05, 4.69) is 142 Å². The van der Waals surface area contributed by atoms with Gasteiger partial charge in [0.1, 0.15) is 39.2 Å². The van der Waals surface area contributed by atoms with Crippen LogP contribution in [0, 0.1) is 22.2 Å². The molecular weight excluding hydrogens is 1950 g/mol. The first-order valence-corrected chi connectivity index (χ1v) is 33.4. The molecule has 0 saturated heterocycles. The Morgan fingerprint density at radius 2 is 0.847 bits per heavy atom. The van der Waals surface area contributed by atoms with E-state index in [1.54, 1.807) is 50.0 Å². The Morgan fingerprint density at radius 1 is 0.459 bits per heavy atom. The third-order valence-corrected chi connectivity index (χ3v) is 14.7. The molecule has 98 heavy (non-hydrogen) atoms. The molecule has 11 rings (SSSR count). The number of carbonyl (C=O) groups excluding carboxylic acids is 4. The number of hydroxylamine groups is 2. The second-order valence-electron chi connectivity index (χ2n) is 18.0. The minimum atomic E-state index is -1.16. The zero-order chi connectivity index (χ0) is 72.0. The second-order valence-corrected chi connectivity index (χ2v) is 24.6. The lowest BCUT2D eigenvalue weighted by Gasteiger charge is -2.13. The summed E-state index contributed by atoms with van der Waals surface area (Å²) in [6, 6.07) is 28.9. The Hall–Kier alpha value is -9.01. The smallest absolute Gasteiger partial charge is 0.360 e. The molecule has 32 nitrogen and oxygen atoms in total. The lowest BCUT2D eigenvalue weighted by atomic mass is 10.0. The molecule has 8 aromatic heterocycles. The zero-order valence-electron chi connectivity index (χ0n) is 51.5. The average Bonchev–Trinajstić information content (AvgIpc) is 1.63. The van der Waals surface area contributed by atoms with Gasteiger partial charge in [0.25, 0.3) is 5.91 Å². The van der Waals surface area contributed by atoms with Gasteiger partial charge >= 0.3 is 17.9 Å². The predicted octanol–water partition coefficient (Wildman–Crippen LogP) is 8.78. The van der Waals surface area contributed by atoms with Gasteiger partial charge in [-0.25, -0.2) is 89.2 Å². The highest BCUT2D eigenvalue weighted by molar-refractivity contribution is 14.1. The number of nitrogens with two attached hydrogens (primary N) is 6. The Kier molecular flexibility index (Phi) is 33.0. The van der Waals surface area contributed by atoms with Gasteiger partial charge in [-0.2, -0.15) is 0 Å². The van der Waals surface area contributed by atoms with Crippen molar-refractivity contribution in [2.75, 3.05) is 69.9 Å². The number of carboxylic acid groups (broad SMARTS) is 1. The van der Waals surface area contributed by atoms with Gasteiger partial charge in [-0.05, 0) is 147 Å². The van der Waals surface area contributed by atoms with Crippen molar-refractivity contribution >= 4 is 217 Å². The van der Waals surface area contributed by atoms with Crippen LogP contribution in [-0.2, 0) is 19.0 Å². The summed E-state index contributed by atoms with van der Waals surface area (Å²) in [6.07, 6.45) is 15.6. The molecule has 1 amide bonds. The number of rotatable bonds is 11. The van der Waals surface area contributed by atoms with E-state index in [0.29, 0.717) is 31.9 Å². The molecule has 506 valence electrons. The number of ketones is 1. The number of aromatic carboxylic acids is 1. The number of carboxylic acids is 1. The molecule has 0 spiro atoms. The minimum Gasteiger partial charge on any atom is -0.504 e. The number of hydrogen-bond acceptors (Lipinski definition) is 29. The number of nitrogen functional groups attached to an aromatic ring is 6. The van der Waals surface area contributed by atoms with Crippen LogP contribution in [0.4, 0.5) is 34.9 Å². The first-order valence-electron chi connectivity index (χ1n) is 26.9. The van der Waals surface area contributed by atoms with Gasteiger partial charge in [-0.15, -0.1) is 0 Å². The Bertz CT molecular complexity index is 4560. The van der Waals surface area contributed by atoms with Gasteiger partial charge in [-0.3, -0.25) is 14.4 Å². The van der Waals surface area contributed by atoms with Gasteiger partial charge in [0.2, 0.25) is 5.78 Å². The van der Waals surface area contributed by atoms with E-state index in [9.17, 15) is 24.0 Å². The summed E-state index contributed by atoms with van der Waals surface area (Å²) in [7, 11) is 6.99. The Labute approximate surface area is 639 Å². The summed E-state index contributed by atoms with van der Waals surface area (Å²) in [6.45, 7) is 0. The number of fused-ring (bicyclic) bond motifs is 1. The number of ether oxygens (including phenoxy) is 3. The molecule has 0 atom stereocenters. The Balaban J connectivity index is 0.000000208. The van der Waals surface area contributed by atoms with E-state index in [4.69, 9.17) is 49.1 Å². The number of nitrogens with one attached hydrogen (secondary N) is 1. The third kappa shape index (κ3) is 24.5. The fourth-order valence-corrected chi connectivity index (χ4v) is 9.36. The summed E-state index contributed by atoms with van der Waals surface area (Å²) in [4.78, 5) is 119. The molecule has 38 heteroatoms. The van der Waals surface area contributed by atoms with E-state index >= 15 is 0 Å². The van der Waals surface area contributed by atoms with Crippen molar-refractivity contribution in [3.63, 3.8) is 0 Å². The molecule has 0 fully saturated rings. The number of H-pyrrole nitrogens is 1. The zero-order valence-corrected chi connectivity index (χ0v) is 64.4. The molecule has 0 unspecified atom stereocenters. The molecule has 14 N–H and O–H groups in total. The lowest BCUT2D eigenvalue weighted by molar-refractivity contribution is -0.0760. The Morgan fingerprint density at radius 3 is 1.33 bits per heavy atom. The van der Waals surface area contributed by atoms with Gasteiger partial charge < -0.3 is 58.7 Å². The number of methoxy groups -OCH3 is 3. The number of anilines is 6. The molecule has 0 aliphatic rings. The predicted molar refractivity (Wildman–Crippen MR) is 413 cm³/mol. The number of halogens is 6. The van der Waals surface area contributed by atoms with Crippen LogP contribution in [0.2, 0.25) is 0 Å². The molecule has 0 bridgehead atoms. The van der Waals surface area contributed by atoms with E-state index in [0.717, 1.165) is 45.9 Å². The van der Waals surface area contributed by atoms with Crippen molar-refractivity contribution in [3.05, 3.63) is 221 Å². The largest absolute Gasteiger partial charge is 0.504 e. The van der Waals surface area contributed by atoms with E-state index in [1.165, 1.54) is 65.6 Å². The van der Waals surface area contributed by atoms with Crippen molar-refractivity contribution in [2.45, 2.75) is 0 Å². The maximum absolute atomic E-state index is 12.0. The standard InChI is InChI=1S/C13H12IN3O.C12H8IN3.C11H8IN3O.C7H9IN4O2.C6H6IN3O2.C6H7N3O2.C5H4IN3O2/c1-18-8-10(9-5-3-2-4-6-9)12-13(15)16-7-11(14)17-12;13-10-7-15-12-11(16-10)9(6-14-12)8-4-2-1-3-5-8;12-8-6-14-11(13)9(15-8)10(16)7-4-2-1-3-5-7;1-12(14-2)7(13)5-6(9)10-3-4(8)11-5;1-12-6(11)4-5(8)9-2-3(7)10-4;1-11-6(10)4-5(7)9-3-2-8-4;6-2-1-8-4(7)3(9-2)5(10)11/h2-8H,1H3,(H2,15,16);1-7H,(H,14,15);1-6H,(H2,13,14);3H,1-2H3,(H2,9,10);2H,1H3,(H2,8,9);2-3H,1H3,(H2,7,9);1H,(H2,7,8)(H,10,11)/b10-8+;;;;;;. The molecule has 0 aliphatic heterocycles. The molecule has 0 aliphatic carbocycles. The topological polar surface area (TPSA) is 498 Å². The van der Waals surface area contributed by atoms with Gasteiger partial charge in [0.15, 0.2) is 63.2 Å². The number of amides is 1. The molecular formula is C60H54I6N22O10. The summed E-state index contributed by atoms with van der Waals surface area (Å²) in [5.74, 6) is -2.17. The van der Waals surface area contributed by atoms with E-state index in [-0.39, 0.29) is 63.3 Å². The molecule has 0 radical (unpaired) electrons. The molecule has 8 heterocycles. The van der Waals surface area contributed by atoms with Crippen molar-refractivity contribution in [2.24, 2.45) is 0 Å². The van der Waals surface area contributed by atoms with Crippen LogP contribution in [-0.4, -0.2) is 150 Å². The number of esters is 2. The van der Waals surface area contributed by atoms with Crippen LogP contribution in [0.25, 0.3) is 27.9 Å². The van der Waals surface area contributed by atoms with Gasteiger partial charge in [0.05, 0.1) is 71.9 Å². The number of carbonyl (C=O) groups is 5. The first-order chi connectivity index (χ1) is 46.8. The van der Waals surface area contributed by atoms with Crippen LogP contribution < -0.4 is 34.4 Å². The van der Waals surface area contributed by atoms with Crippen molar-refractivity contribution < 1.29 is 48.1 Å². The highest BCUT2D eigenvalue weighted by Gasteiger charge is 2.20. The van der Waals surface area contributed by atoms with Crippen molar-refractivity contribution in [1.82, 2.24) is 79.8 Å². The normalized spacial score (nSPS) is 10.2. The van der Waals surface area contributed by atoms with Gasteiger partial charge in [-0.1, -0.05) is 91.0 Å². The highest BCUT2D eigenvalue weighted by atomic mass is 127. The quantitative estimate of drug-likeness (QED) is 0.0197. The maximum Gasteiger partial charge on any atom is 0.360 e. The van der Waals surface area contributed by atoms with Crippen LogP contribution in [0.3, 0.4) is 0 Å². The molecule has 11 aromatic rings. The van der Waals surface area contributed by atoms with E-state index in [1.807, 2.05) is 151 Å².